The van der Waals surface area contributed by atoms with Crippen LogP contribution in [-0.2, 0) is 113 Å². The molecule has 0 amide bonds. The molecule has 9 heterocycles. The number of esters is 4. The average molecular weight is 1630 g/mol. The number of hydrogen-bond acceptors (Lipinski definition) is 25. The Balaban J connectivity index is 0.000000162. The van der Waals surface area contributed by atoms with Crippen LogP contribution in [-0.4, -0.2) is 165 Å². The van der Waals surface area contributed by atoms with Crippen molar-refractivity contribution in [3.05, 3.63) is 281 Å². The smallest absolute Gasteiger partial charge is 0.334 e. The number of aliphatic hydroxyl groups excluding tert-OH is 2. The lowest BCUT2D eigenvalue weighted by molar-refractivity contribution is -0.236. The number of carbonyl (C=O) groups is 4. The molecule has 25 heteroatoms. The van der Waals surface area contributed by atoms with Crippen LogP contribution < -0.4 is 14.2 Å². The highest BCUT2D eigenvalue weighted by Crippen LogP contribution is 2.37. The number of epoxide rings is 3. The molecular formula is C93H114O25. The molecular weight excluding hydrogens is 1520 g/mol. The van der Waals surface area contributed by atoms with E-state index >= 15 is 0 Å². The molecule has 25 nitrogen and oxygen atoms in total. The van der Waals surface area contributed by atoms with Crippen molar-refractivity contribution < 1.29 is 119 Å². The maximum Gasteiger partial charge on any atom is 0.334 e. The Morgan fingerprint density at radius 3 is 1.47 bits per heavy atom. The standard InChI is InChI=1S/C10H14O3.2C10H12O2.C10H14O2.2C9H10O2.C8H12O3.C8H8O2.C8H8O.C6H8O4.C5H6O2/c1-12-10(8-11,13-2)9-6-4-3-5-7-9;1-2-4-9(5-3-1)6-11-7-10-8-12-10;1-2-4-9(5-3-1)10-6-7-11-8-12-10;1-10(8-11,12-2)9-6-4-3-5-7-9;1-2-4-8(5-3-1)10-6-9-7-11-9;1-2-4-8(5-3-1)9-10-6-7-11-9;9-7-6-10-8(11-7)4-2-1-3-5-8;1-6-2-3-7-8(4-6)10-5-9-7;1-2-4-7(5-3-1)8-6-9-8;1-6(2)9-4(7)3-5(8)10-6;1-4-2-3-5(6)7-4/h3-7,11H,8H2,1-2H3;2*1-5,10H,6-8H2;3-7,11H,8H2,1-2H3;2*1-5,9H,6-7H2;1-6H2;2-4H,5H2,1H3;1-5,8H,6H2;3H2,1-2H3;2H,3H2,1H3. The van der Waals surface area contributed by atoms with Crippen molar-refractivity contribution in [1.29, 1.82) is 0 Å². The molecule has 0 aromatic heterocycles. The first-order valence-corrected chi connectivity index (χ1v) is 39.5. The van der Waals surface area contributed by atoms with E-state index in [1.54, 1.807) is 20.1 Å². The van der Waals surface area contributed by atoms with Gasteiger partial charge in [0.1, 0.15) is 68.5 Å². The van der Waals surface area contributed by atoms with Crippen molar-refractivity contribution in [1.82, 2.24) is 0 Å². The van der Waals surface area contributed by atoms with Crippen LogP contribution in [0.15, 0.2) is 242 Å². The second-order valence-corrected chi connectivity index (χ2v) is 28.4. The average Bonchev–Trinajstić information content (AvgIpc) is 1.85. The molecule has 10 aliphatic rings. The van der Waals surface area contributed by atoms with E-state index in [-0.39, 0.29) is 50.6 Å². The van der Waals surface area contributed by atoms with Crippen LogP contribution in [0.3, 0.4) is 0 Å². The van der Waals surface area contributed by atoms with E-state index in [9.17, 15) is 24.3 Å². The zero-order chi connectivity index (χ0) is 84.1. The van der Waals surface area contributed by atoms with E-state index in [0.29, 0.717) is 64.7 Å². The predicted molar refractivity (Wildman–Crippen MR) is 437 cm³/mol. The second kappa shape index (κ2) is 50.9. The molecule has 118 heavy (non-hydrogen) atoms. The minimum Gasteiger partial charge on any atom is -0.491 e. The number of methoxy groups -OCH3 is 3. The predicted octanol–water partition coefficient (Wildman–Crippen LogP) is 15.3. The minimum atomic E-state index is -1.08. The Bertz CT molecular complexity index is 4100. The number of hydrogen-bond donors (Lipinski definition) is 2. The van der Waals surface area contributed by atoms with Gasteiger partial charge in [0, 0.05) is 65.6 Å². The van der Waals surface area contributed by atoms with Gasteiger partial charge in [0.15, 0.2) is 17.8 Å². The summed E-state index contributed by atoms with van der Waals surface area (Å²) in [5, 5.41) is 18.3. The molecule has 18 rings (SSSR count). The highest BCUT2D eigenvalue weighted by Gasteiger charge is 2.42. The molecule has 0 radical (unpaired) electrons. The van der Waals surface area contributed by atoms with Gasteiger partial charge in [-0.15, -0.1) is 0 Å². The fourth-order valence-corrected chi connectivity index (χ4v) is 11.7. The van der Waals surface area contributed by atoms with Crippen molar-refractivity contribution in [3.8, 4) is 17.2 Å². The van der Waals surface area contributed by atoms with Gasteiger partial charge in [-0.25, -0.2) is 4.79 Å². The fraction of sp³-hybridized carbons (Fsp3) is 0.419. The lowest BCUT2D eigenvalue weighted by Crippen LogP contribution is -2.39. The van der Waals surface area contributed by atoms with Gasteiger partial charge in [-0.2, -0.15) is 0 Å². The van der Waals surface area contributed by atoms with Crippen LogP contribution in [0.2, 0.25) is 0 Å². The maximum atomic E-state index is 10.8. The monoisotopic (exact) mass is 1630 g/mol. The van der Waals surface area contributed by atoms with Crippen molar-refractivity contribution in [2.24, 2.45) is 0 Å². The molecule has 2 N–H and O–H groups in total. The molecule has 1 saturated carbocycles. The van der Waals surface area contributed by atoms with Crippen LogP contribution in [0.5, 0.6) is 17.2 Å². The number of rotatable bonds is 17. The number of cyclic esters (lactones) is 3. The number of fused-ring (bicyclic) bond motifs is 1. The van der Waals surface area contributed by atoms with Gasteiger partial charge in [-0.3, -0.25) is 14.4 Å². The summed E-state index contributed by atoms with van der Waals surface area (Å²) in [6.45, 7) is 16.4. The van der Waals surface area contributed by atoms with Gasteiger partial charge in [-0.1, -0.05) is 213 Å². The fourth-order valence-electron chi connectivity index (χ4n) is 11.7. The quantitative estimate of drug-likeness (QED) is 0.0281. The molecule has 636 valence electrons. The number of aryl methyl sites for hydroxylation is 1. The minimum absolute atomic E-state index is 0.00644. The molecule has 8 aromatic carbocycles. The summed E-state index contributed by atoms with van der Waals surface area (Å²) in [5.41, 5.74) is 7.31. The van der Waals surface area contributed by atoms with Gasteiger partial charge < -0.3 is 100 Å². The van der Waals surface area contributed by atoms with Gasteiger partial charge in [0.2, 0.25) is 18.4 Å². The first-order chi connectivity index (χ1) is 57.3. The van der Waals surface area contributed by atoms with Crippen molar-refractivity contribution in [2.75, 3.05) is 108 Å². The molecule has 7 saturated heterocycles. The normalized spacial score (nSPS) is 19.9. The van der Waals surface area contributed by atoms with Crippen LogP contribution in [0.4, 0.5) is 0 Å². The zero-order valence-corrected chi connectivity index (χ0v) is 68.7. The van der Waals surface area contributed by atoms with Gasteiger partial charge >= 0.3 is 23.9 Å². The van der Waals surface area contributed by atoms with Crippen LogP contribution in [0, 0.1) is 6.92 Å². The van der Waals surface area contributed by atoms with E-state index in [2.05, 4.69) is 50.6 Å². The highest BCUT2D eigenvalue weighted by atomic mass is 16.8. The molecule has 9 aliphatic heterocycles. The number of para-hydroxylation sites is 1. The number of allylic oxidation sites excluding steroid dienone is 1. The first kappa shape index (κ1) is 93.7. The SMILES string of the molecule is CC1(C)OC(=O)CC(=O)O1.CC1=CCC(=O)O1.COC(C)(CO)c1ccccc1.COC(CO)(OC)c1ccccc1.Cc1ccc2c(c1)OCO2.O=C1COC2(CCCCC2)O1.c1ccc(C2CCOCO2)cc1.c1ccc(C2CO2)cc1.c1ccc(C2OCCO2)cc1.c1ccc(COCC2CO2)cc1.c1ccc(OCC2CO2)cc1. The summed E-state index contributed by atoms with van der Waals surface area (Å²) in [6.07, 6.45) is 9.38. The van der Waals surface area contributed by atoms with Crippen LogP contribution in [0.1, 0.15) is 137 Å². The van der Waals surface area contributed by atoms with Crippen LogP contribution in [0.25, 0.3) is 0 Å². The summed E-state index contributed by atoms with van der Waals surface area (Å²) in [5.74, 6) is -0.645. The number of carbonyl (C=O) groups excluding carboxylic acids is 4. The highest BCUT2D eigenvalue weighted by molar-refractivity contribution is 5.93. The van der Waals surface area contributed by atoms with Gasteiger partial charge in [0.05, 0.1) is 72.0 Å². The van der Waals surface area contributed by atoms with E-state index in [1.165, 1.54) is 56.7 Å². The summed E-state index contributed by atoms with van der Waals surface area (Å²) < 4.78 is 97.3. The Kier molecular flexibility index (Phi) is 40.4. The summed E-state index contributed by atoms with van der Waals surface area (Å²) in [7, 11) is 4.61. The number of ether oxygens (including phenoxy) is 19. The molecule has 0 bridgehead atoms. The van der Waals surface area contributed by atoms with E-state index in [4.69, 9.17) is 80.9 Å². The van der Waals surface area contributed by atoms with E-state index in [0.717, 1.165) is 105 Å². The molecule has 5 atom stereocenters. The zero-order valence-electron chi connectivity index (χ0n) is 68.7. The second-order valence-electron chi connectivity index (χ2n) is 28.4. The molecule has 8 aromatic rings. The Morgan fingerprint density at radius 1 is 0.492 bits per heavy atom. The summed E-state index contributed by atoms with van der Waals surface area (Å²) >= 11 is 0. The van der Waals surface area contributed by atoms with Crippen LogP contribution >= 0.6 is 0 Å². The maximum absolute atomic E-state index is 10.8. The van der Waals surface area contributed by atoms with Gasteiger partial charge in [-0.05, 0) is 91.8 Å². The first-order valence-electron chi connectivity index (χ1n) is 39.5. The summed E-state index contributed by atoms with van der Waals surface area (Å²) in [4.78, 5) is 42.1. The van der Waals surface area contributed by atoms with Crippen molar-refractivity contribution in [3.63, 3.8) is 0 Å². The van der Waals surface area contributed by atoms with Crippen molar-refractivity contribution in [2.45, 2.75) is 146 Å². The molecule has 5 unspecified atom stereocenters. The molecule has 1 spiro atoms. The Hall–Kier alpha value is -9.78. The van der Waals surface area contributed by atoms with E-state index in [1.807, 2.05) is 208 Å². The Labute approximate surface area is 692 Å². The van der Waals surface area contributed by atoms with Crippen molar-refractivity contribution >= 4 is 23.9 Å². The largest absolute Gasteiger partial charge is 0.491 e. The topological polar surface area (TPSA) is 294 Å². The summed E-state index contributed by atoms with van der Waals surface area (Å²) in [6, 6.07) is 75.5. The number of benzene rings is 8. The third-order valence-electron chi connectivity index (χ3n) is 18.6. The lowest BCUT2D eigenvalue weighted by atomic mass is 9.94. The third kappa shape index (κ3) is 35.0. The number of aliphatic hydroxyl groups is 2. The molecule has 8 fully saturated rings. The molecule has 1 aliphatic carbocycles. The lowest BCUT2D eigenvalue weighted by Gasteiger charge is -2.29. The van der Waals surface area contributed by atoms with E-state index < -0.39 is 34.9 Å². The van der Waals surface area contributed by atoms with Gasteiger partial charge in [0.25, 0.3) is 5.79 Å². The Morgan fingerprint density at radius 2 is 1.01 bits per heavy atom. The third-order valence-corrected chi connectivity index (χ3v) is 18.6.